The second-order valence-electron chi connectivity index (χ2n) is 6.18. The molecule has 2 aliphatic heterocycles. The normalized spacial score (nSPS) is 18.7. The van der Waals surface area contributed by atoms with Crippen LogP contribution in [-0.2, 0) is 0 Å². The molecule has 0 saturated carbocycles. The molecular weight excluding hydrogens is 331 g/mol. The minimum absolute atomic E-state index is 0.0594. The zero-order chi connectivity index (χ0) is 18.1. The number of phenolic OH excluding ortho intramolecular Hbond substituents is 1. The van der Waals surface area contributed by atoms with Crippen molar-refractivity contribution in [2.75, 3.05) is 6.67 Å². The number of alkyl halides is 1. The van der Waals surface area contributed by atoms with Crippen molar-refractivity contribution in [1.82, 2.24) is 5.32 Å². The third kappa shape index (κ3) is 2.99. The first kappa shape index (κ1) is 16.1. The van der Waals surface area contributed by atoms with Crippen LogP contribution < -0.4 is 5.32 Å². The monoisotopic (exact) mass is 348 g/mol. The first-order valence-electron chi connectivity index (χ1n) is 8.27. The fourth-order valence-electron chi connectivity index (χ4n) is 3.08. The van der Waals surface area contributed by atoms with Crippen LogP contribution in [0, 0.1) is 0 Å². The van der Waals surface area contributed by atoms with Crippen molar-refractivity contribution in [3.05, 3.63) is 83.8 Å². The van der Waals surface area contributed by atoms with Gasteiger partial charge in [0.05, 0.1) is 17.5 Å². The molecule has 0 bridgehead atoms. The van der Waals surface area contributed by atoms with Crippen molar-refractivity contribution in [3.63, 3.8) is 0 Å². The first-order valence-corrected chi connectivity index (χ1v) is 8.27. The second kappa shape index (κ2) is 6.52. The SMILES string of the molecule is OC1=CC2=NC(c3ccc(-c4ccc(O)cc4)cc3)=C(CF)C=CC2N1. The van der Waals surface area contributed by atoms with Gasteiger partial charge in [-0.05, 0) is 23.3 Å². The summed E-state index contributed by atoms with van der Waals surface area (Å²) in [5.74, 6) is 0.282. The summed E-state index contributed by atoms with van der Waals surface area (Å²) in [5.41, 5.74) is 4.49. The number of hydrogen-bond acceptors (Lipinski definition) is 4. The molecule has 2 heterocycles. The molecule has 0 saturated heterocycles. The van der Waals surface area contributed by atoms with Gasteiger partial charge in [-0.2, -0.15) is 0 Å². The van der Waals surface area contributed by atoms with Crippen molar-refractivity contribution < 1.29 is 14.6 Å². The van der Waals surface area contributed by atoms with Gasteiger partial charge in [0.1, 0.15) is 12.4 Å². The zero-order valence-corrected chi connectivity index (χ0v) is 13.9. The van der Waals surface area contributed by atoms with Crippen LogP contribution in [0.1, 0.15) is 5.56 Å². The number of benzene rings is 2. The first-order chi connectivity index (χ1) is 12.6. The van der Waals surface area contributed by atoms with Crippen LogP contribution in [0.4, 0.5) is 4.39 Å². The molecule has 0 aromatic heterocycles. The number of aliphatic imine (C=N–C) groups is 1. The predicted octanol–water partition coefficient (Wildman–Crippen LogP) is 4.12. The predicted molar refractivity (Wildman–Crippen MR) is 101 cm³/mol. The van der Waals surface area contributed by atoms with E-state index in [1.807, 2.05) is 36.4 Å². The van der Waals surface area contributed by atoms with E-state index in [4.69, 9.17) is 0 Å². The van der Waals surface area contributed by atoms with Gasteiger partial charge in [0.25, 0.3) is 0 Å². The maximum absolute atomic E-state index is 13.5. The molecule has 1 unspecified atom stereocenters. The van der Waals surface area contributed by atoms with Gasteiger partial charge in [-0.15, -0.1) is 0 Å². The molecular formula is C21H17FN2O2. The van der Waals surface area contributed by atoms with E-state index in [-0.39, 0.29) is 17.7 Å². The number of aromatic hydroxyl groups is 1. The molecule has 2 aliphatic rings. The summed E-state index contributed by atoms with van der Waals surface area (Å²) in [6.45, 7) is -0.620. The maximum atomic E-state index is 13.5. The summed E-state index contributed by atoms with van der Waals surface area (Å²) in [7, 11) is 0. The molecule has 5 heteroatoms. The highest BCUT2D eigenvalue weighted by Crippen LogP contribution is 2.29. The minimum Gasteiger partial charge on any atom is -0.508 e. The van der Waals surface area contributed by atoms with Gasteiger partial charge in [0, 0.05) is 17.2 Å². The number of halogens is 1. The quantitative estimate of drug-likeness (QED) is 0.782. The lowest BCUT2D eigenvalue weighted by Gasteiger charge is -2.09. The standard InChI is InChI=1S/C21H17FN2O2/c22-12-16-7-10-18-19(11-20(26)23-18)24-21(16)15-3-1-13(2-4-15)14-5-8-17(25)9-6-14/h1-11,18,23,25-26H,12H2. The average molecular weight is 348 g/mol. The van der Waals surface area contributed by atoms with Gasteiger partial charge in [-0.1, -0.05) is 48.6 Å². The second-order valence-corrected chi connectivity index (χ2v) is 6.18. The fourth-order valence-corrected chi connectivity index (χ4v) is 3.08. The molecule has 4 rings (SSSR count). The molecule has 0 aliphatic carbocycles. The van der Waals surface area contributed by atoms with Crippen LogP contribution in [0.15, 0.2) is 83.2 Å². The molecule has 0 fully saturated rings. The van der Waals surface area contributed by atoms with Crippen molar-refractivity contribution in [3.8, 4) is 16.9 Å². The molecule has 0 spiro atoms. The van der Waals surface area contributed by atoms with Crippen molar-refractivity contribution in [1.29, 1.82) is 0 Å². The Morgan fingerprint density at radius 3 is 2.19 bits per heavy atom. The molecule has 2 aromatic rings. The van der Waals surface area contributed by atoms with E-state index in [0.717, 1.165) is 16.7 Å². The Morgan fingerprint density at radius 2 is 1.54 bits per heavy atom. The molecule has 26 heavy (non-hydrogen) atoms. The van der Waals surface area contributed by atoms with Crippen LogP contribution in [0.2, 0.25) is 0 Å². The maximum Gasteiger partial charge on any atom is 0.186 e. The third-order valence-electron chi connectivity index (χ3n) is 4.44. The molecule has 3 N–H and O–H groups in total. The van der Waals surface area contributed by atoms with E-state index in [9.17, 15) is 14.6 Å². The third-order valence-corrected chi connectivity index (χ3v) is 4.44. The molecule has 2 aromatic carbocycles. The summed E-state index contributed by atoms with van der Waals surface area (Å²) in [5, 5.41) is 21.9. The highest BCUT2D eigenvalue weighted by molar-refractivity contribution is 6.06. The Balaban J connectivity index is 1.72. The number of phenols is 1. The number of fused-ring (bicyclic) bond motifs is 1. The van der Waals surface area contributed by atoms with Crippen LogP contribution in [0.25, 0.3) is 16.8 Å². The van der Waals surface area contributed by atoms with Gasteiger partial charge in [-0.25, -0.2) is 9.38 Å². The zero-order valence-electron chi connectivity index (χ0n) is 13.9. The van der Waals surface area contributed by atoms with E-state index in [0.29, 0.717) is 17.0 Å². The number of nitrogens with zero attached hydrogens (tertiary/aromatic N) is 1. The summed E-state index contributed by atoms with van der Waals surface area (Å²) in [4.78, 5) is 4.59. The van der Waals surface area contributed by atoms with Gasteiger partial charge in [0.2, 0.25) is 0 Å². The summed E-state index contributed by atoms with van der Waals surface area (Å²) in [6, 6.07) is 14.4. The lowest BCUT2D eigenvalue weighted by Crippen LogP contribution is -2.25. The van der Waals surface area contributed by atoms with E-state index in [1.165, 1.54) is 0 Å². The van der Waals surface area contributed by atoms with Gasteiger partial charge in [-0.3, -0.25) is 0 Å². The Kier molecular flexibility index (Phi) is 4.05. The van der Waals surface area contributed by atoms with Crippen molar-refractivity contribution >= 4 is 11.4 Å². The van der Waals surface area contributed by atoms with Crippen LogP contribution in [-0.4, -0.2) is 28.6 Å². The number of aliphatic hydroxyl groups is 1. The number of allylic oxidation sites excluding steroid dienone is 2. The highest BCUT2D eigenvalue weighted by atomic mass is 19.1. The summed E-state index contributed by atoms with van der Waals surface area (Å²) < 4.78 is 13.5. The lowest BCUT2D eigenvalue weighted by molar-refractivity contribution is 0.372. The molecule has 0 amide bonds. The number of hydrogen-bond donors (Lipinski definition) is 3. The number of nitrogens with one attached hydrogen (secondary N) is 1. The van der Waals surface area contributed by atoms with E-state index in [1.54, 1.807) is 30.4 Å². The smallest absolute Gasteiger partial charge is 0.186 e. The lowest BCUT2D eigenvalue weighted by atomic mass is 10.0. The van der Waals surface area contributed by atoms with Gasteiger partial charge < -0.3 is 15.5 Å². The summed E-state index contributed by atoms with van der Waals surface area (Å²) in [6.07, 6.45) is 5.07. The number of rotatable bonds is 3. The van der Waals surface area contributed by atoms with E-state index >= 15 is 0 Å². The van der Waals surface area contributed by atoms with Crippen molar-refractivity contribution in [2.24, 2.45) is 4.99 Å². The highest BCUT2D eigenvalue weighted by Gasteiger charge is 2.23. The fraction of sp³-hybridized carbons (Fsp3) is 0.0952. The van der Waals surface area contributed by atoms with E-state index < -0.39 is 6.67 Å². The topological polar surface area (TPSA) is 64.9 Å². The van der Waals surface area contributed by atoms with Gasteiger partial charge >= 0.3 is 0 Å². The van der Waals surface area contributed by atoms with Crippen molar-refractivity contribution in [2.45, 2.75) is 6.04 Å². The Bertz CT molecular complexity index is 955. The Hall–Kier alpha value is -3.34. The van der Waals surface area contributed by atoms with Crippen LogP contribution in [0.5, 0.6) is 5.75 Å². The molecule has 0 radical (unpaired) electrons. The largest absolute Gasteiger partial charge is 0.508 e. The molecule has 1 atom stereocenters. The molecule has 4 nitrogen and oxygen atoms in total. The summed E-state index contributed by atoms with van der Waals surface area (Å²) >= 11 is 0. The molecule has 130 valence electrons. The van der Waals surface area contributed by atoms with E-state index in [2.05, 4.69) is 10.3 Å². The van der Waals surface area contributed by atoms with Crippen LogP contribution in [0.3, 0.4) is 0 Å². The Morgan fingerprint density at radius 1 is 0.923 bits per heavy atom. The average Bonchev–Trinajstić information content (AvgIpc) is 2.92. The number of aliphatic hydroxyl groups excluding tert-OH is 1. The van der Waals surface area contributed by atoms with Gasteiger partial charge in [0.15, 0.2) is 5.88 Å². The Labute approximate surface area is 150 Å². The minimum atomic E-state index is -0.620. The van der Waals surface area contributed by atoms with Crippen LogP contribution >= 0.6 is 0 Å².